The molecule has 0 heterocycles. The van der Waals surface area contributed by atoms with Gasteiger partial charge in [-0.15, -0.1) is 0 Å². The third kappa shape index (κ3) is 2.15. The van der Waals surface area contributed by atoms with E-state index >= 15 is 0 Å². The summed E-state index contributed by atoms with van der Waals surface area (Å²) in [5.74, 6) is 0. The quantitative estimate of drug-likeness (QED) is 0.523. The monoisotopic (exact) mass is 91.1 g/mol. The highest BCUT2D eigenvalue weighted by Crippen LogP contribution is 1.76. The van der Waals surface area contributed by atoms with Gasteiger partial charge in [0.25, 0.3) is 0 Å². The fourth-order valence-electron chi connectivity index (χ4n) is 0.0772. The van der Waals surface area contributed by atoms with Crippen molar-refractivity contribution in [3.05, 3.63) is 0 Å². The highest BCUT2D eigenvalue weighted by Gasteiger charge is 1.90. The standard InChI is InChI=1S/C4H10FN/c1-4(3-5)6-2/h4,6H,3H2,1-2H3. The van der Waals surface area contributed by atoms with Crippen molar-refractivity contribution in [1.82, 2.24) is 5.32 Å². The second-order valence-corrected chi connectivity index (χ2v) is 1.34. The maximum atomic E-state index is 11.3. The molecule has 0 aromatic heterocycles. The first-order valence-electron chi connectivity index (χ1n) is 2.04. The fourth-order valence-corrected chi connectivity index (χ4v) is 0.0772. The molecule has 0 aromatic carbocycles. The van der Waals surface area contributed by atoms with Gasteiger partial charge in [-0.3, -0.25) is 0 Å². The van der Waals surface area contributed by atoms with Gasteiger partial charge < -0.3 is 5.32 Å². The third-order valence-corrected chi connectivity index (χ3v) is 0.724. The molecule has 0 saturated heterocycles. The molecule has 0 aliphatic rings. The molecule has 0 saturated carbocycles. The summed E-state index contributed by atoms with van der Waals surface area (Å²) < 4.78 is 11.3. The molecule has 6 heavy (non-hydrogen) atoms. The van der Waals surface area contributed by atoms with Crippen LogP contribution >= 0.6 is 0 Å². The highest BCUT2D eigenvalue weighted by atomic mass is 19.1. The zero-order valence-electron chi connectivity index (χ0n) is 4.16. The Morgan fingerprint density at radius 2 is 2.33 bits per heavy atom. The zero-order valence-corrected chi connectivity index (χ0v) is 4.16. The smallest absolute Gasteiger partial charge is 0.104 e. The largest absolute Gasteiger partial charge is 0.315 e. The van der Waals surface area contributed by atoms with Crippen molar-refractivity contribution in [2.75, 3.05) is 13.7 Å². The molecule has 0 radical (unpaired) electrons. The SMILES string of the molecule is CNC(C)CF. The molecular weight excluding hydrogens is 81.0 g/mol. The molecule has 38 valence electrons. The Bertz CT molecular complexity index is 26.7. The predicted molar refractivity (Wildman–Crippen MR) is 24.5 cm³/mol. The van der Waals surface area contributed by atoms with E-state index < -0.39 is 0 Å². The minimum absolute atomic E-state index is 0.0185. The summed E-state index contributed by atoms with van der Waals surface area (Å²) in [4.78, 5) is 0. The lowest BCUT2D eigenvalue weighted by molar-refractivity contribution is 0.410. The summed E-state index contributed by atoms with van der Waals surface area (Å²) in [5.41, 5.74) is 0. The third-order valence-electron chi connectivity index (χ3n) is 0.724. The Hall–Kier alpha value is -0.110. The molecule has 1 atom stereocenters. The van der Waals surface area contributed by atoms with Crippen molar-refractivity contribution in [2.24, 2.45) is 0 Å². The van der Waals surface area contributed by atoms with Crippen molar-refractivity contribution in [2.45, 2.75) is 13.0 Å². The van der Waals surface area contributed by atoms with Crippen molar-refractivity contribution in [1.29, 1.82) is 0 Å². The van der Waals surface area contributed by atoms with Crippen LogP contribution in [0.15, 0.2) is 0 Å². The Morgan fingerprint density at radius 1 is 1.83 bits per heavy atom. The van der Waals surface area contributed by atoms with Crippen LogP contribution in [0.4, 0.5) is 4.39 Å². The van der Waals surface area contributed by atoms with E-state index in [0.29, 0.717) is 0 Å². The van der Waals surface area contributed by atoms with Crippen LogP contribution in [0, 0.1) is 0 Å². The van der Waals surface area contributed by atoms with E-state index in [1.165, 1.54) is 0 Å². The van der Waals surface area contributed by atoms with E-state index in [1.807, 2.05) is 0 Å². The van der Waals surface area contributed by atoms with Gasteiger partial charge in [-0.05, 0) is 14.0 Å². The minimum Gasteiger partial charge on any atom is -0.315 e. The van der Waals surface area contributed by atoms with Crippen molar-refractivity contribution in [3.63, 3.8) is 0 Å². The molecule has 1 unspecified atom stereocenters. The predicted octanol–water partition coefficient (Wildman–Crippen LogP) is 0.564. The average Bonchev–Trinajstić information content (AvgIpc) is 1.65. The van der Waals surface area contributed by atoms with Crippen molar-refractivity contribution >= 4 is 0 Å². The molecular formula is C4H10FN. The molecule has 2 heteroatoms. The van der Waals surface area contributed by atoms with Crippen LogP contribution in [0.25, 0.3) is 0 Å². The molecule has 0 fully saturated rings. The topological polar surface area (TPSA) is 12.0 Å². The lowest BCUT2D eigenvalue weighted by Crippen LogP contribution is -2.22. The number of rotatable bonds is 2. The van der Waals surface area contributed by atoms with Crippen LogP contribution in [-0.2, 0) is 0 Å². The summed E-state index contributed by atoms with van der Waals surface area (Å²) in [6.07, 6.45) is 0. The molecule has 1 nitrogen and oxygen atoms in total. The lowest BCUT2D eigenvalue weighted by atomic mass is 10.4. The van der Waals surface area contributed by atoms with Crippen molar-refractivity contribution < 1.29 is 4.39 Å². The summed E-state index contributed by atoms with van der Waals surface area (Å²) in [6.45, 7) is 1.51. The van der Waals surface area contributed by atoms with Gasteiger partial charge in [0, 0.05) is 6.04 Å². The van der Waals surface area contributed by atoms with Gasteiger partial charge in [0.05, 0.1) is 0 Å². The number of hydrogen-bond acceptors (Lipinski definition) is 1. The van der Waals surface area contributed by atoms with Gasteiger partial charge in [-0.25, -0.2) is 4.39 Å². The van der Waals surface area contributed by atoms with Crippen LogP contribution in [0.1, 0.15) is 6.92 Å². The maximum absolute atomic E-state index is 11.3. The van der Waals surface area contributed by atoms with Gasteiger partial charge in [-0.2, -0.15) is 0 Å². The minimum atomic E-state index is -0.281. The Morgan fingerprint density at radius 3 is 2.33 bits per heavy atom. The van der Waals surface area contributed by atoms with Crippen molar-refractivity contribution in [3.8, 4) is 0 Å². The summed E-state index contributed by atoms with van der Waals surface area (Å²) in [5, 5.41) is 2.74. The molecule has 0 rings (SSSR count). The molecule has 0 aliphatic carbocycles. The van der Waals surface area contributed by atoms with Gasteiger partial charge in [0.1, 0.15) is 6.67 Å². The van der Waals surface area contributed by atoms with Crippen LogP contribution < -0.4 is 5.32 Å². The first kappa shape index (κ1) is 5.89. The number of halogens is 1. The lowest BCUT2D eigenvalue weighted by Gasteiger charge is -1.99. The Balaban J connectivity index is 2.75. The fraction of sp³-hybridized carbons (Fsp3) is 1.00. The maximum Gasteiger partial charge on any atom is 0.104 e. The van der Waals surface area contributed by atoms with E-state index in [0.717, 1.165) is 0 Å². The highest BCUT2D eigenvalue weighted by molar-refractivity contribution is 4.50. The van der Waals surface area contributed by atoms with Crippen LogP contribution in [0.2, 0.25) is 0 Å². The average molecular weight is 91.1 g/mol. The number of hydrogen-bond donors (Lipinski definition) is 1. The normalized spacial score (nSPS) is 14.5. The second kappa shape index (κ2) is 3.09. The van der Waals surface area contributed by atoms with Gasteiger partial charge in [0.15, 0.2) is 0 Å². The number of nitrogens with one attached hydrogen (secondary N) is 1. The van der Waals surface area contributed by atoms with Crippen LogP contribution in [0.3, 0.4) is 0 Å². The van der Waals surface area contributed by atoms with Crippen LogP contribution in [-0.4, -0.2) is 19.8 Å². The van der Waals surface area contributed by atoms with Gasteiger partial charge >= 0.3 is 0 Å². The van der Waals surface area contributed by atoms with E-state index in [-0.39, 0.29) is 12.7 Å². The van der Waals surface area contributed by atoms with E-state index in [9.17, 15) is 4.39 Å². The summed E-state index contributed by atoms with van der Waals surface area (Å²) in [7, 11) is 1.74. The molecule has 0 aliphatic heterocycles. The molecule has 0 bridgehead atoms. The van der Waals surface area contributed by atoms with E-state index in [2.05, 4.69) is 5.32 Å². The summed E-state index contributed by atoms with van der Waals surface area (Å²) >= 11 is 0. The molecule has 0 aromatic rings. The second-order valence-electron chi connectivity index (χ2n) is 1.34. The summed E-state index contributed by atoms with van der Waals surface area (Å²) in [6, 6.07) is 0.0185. The Labute approximate surface area is 37.5 Å². The van der Waals surface area contributed by atoms with E-state index in [4.69, 9.17) is 0 Å². The number of alkyl halides is 1. The first-order chi connectivity index (χ1) is 2.81. The zero-order chi connectivity index (χ0) is 4.99. The van der Waals surface area contributed by atoms with Gasteiger partial charge in [0.2, 0.25) is 0 Å². The first-order valence-corrected chi connectivity index (χ1v) is 2.04. The molecule has 1 N–H and O–H groups in total. The van der Waals surface area contributed by atoms with E-state index in [1.54, 1.807) is 14.0 Å². The molecule has 0 spiro atoms. The van der Waals surface area contributed by atoms with Gasteiger partial charge in [-0.1, -0.05) is 0 Å². The van der Waals surface area contributed by atoms with Crippen LogP contribution in [0.5, 0.6) is 0 Å². The Kier molecular flexibility index (Phi) is 3.04. The molecule has 0 amide bonds.